The maximum atomic E-state index is 12.6. The number of hydrogen-bond acceptors (Lipinski definition) is 12. The molecule has 0 bridgehead atoms. The minimum atomic E-state index is -1.26. The maximum Gasteiger partial charge on any atom is 0.306 e. The third kappa shape index (κ3) is 31.2. The molecule has 7 N–H and O–H groups in total. The molecular formula is C44H73N3O14. The Morgan fingerprint density at radius 1 is 0.426 bits per heavy atom. The lowest BCUT2D eigenvalue weighted by molar-refractivity contribution is -0.144. The topological polar surface area (TPSA) is 288 Å². The summed E-state index contributed by atoms with van der Waals surface area (Å²) in [4.78, 5) is 121. The third-order valence-corrected chi connectivity index (χ3v) is 10.5. The molecule has 0 unspecified atom stereocenters. The molecule has 3 amide bonds. The Bertz CT molecular complexity index is 1400. The van der Waals surface area contributed by atoms with E-state index in [4.69, 9.17) is 5.11 Å². The van der Waals surface area contributed by atoms with Gasteiger partial charge < -0.3 is 36.4 Å². The number of carboxylic acids is 2. The van der Waals surface area contributed by atoms with Crippen LogP contribution < -0.4 is 16.0 Å². The SMILES string of the molecule is CC(C)C(=O)CCC(=O)CNC(=O)[C@H](CO)CC(=O)CNC(=O)[C@H](CO)CC(=O)CNC(=O)CC[C@H](CC(=O)CCCCCCCCCCCCCCCCC(=O)O)C(=O)O. The number of amides is 3. The van der Waals surface area contributed by atoms with Gasteiger partial charge in [0.2, 0.25) is 17.7 Å². The van der Waals surface area contributed by atoms with E-state index in [1.807, 2.05) is 0 Å². The van der Waals surface area contributed by atoms with Crippen molar-refractivity contribution in [1.82, 2.24) is 16.0 Å². The van der Waals surface area contributed by atoms with Crippen LogP contribution in [0.2, 0.25) is 0 Å². The van der Waals surface area contributed by atoms with Crippen LogP contribution in [0.25, 0.3) is 0 Å². The number of carbonyl (C=O) groups excluding carboxylic acids is 8. The molecule has 3 atom stereocenters. The number of unbranched alkanes of at least 4 members (excludes halogenated alkanes) is 13. The highest BCUT2D eigenvalue weighted by Crippen LogP contribution is 2.17. The molecule has 0 saturated heterocycles. The van der Waals surface area contributed by atoms with Crippen LogP contribution in [-0.2, 0) is 47.9 Å². The number of aliphatic hydroxyl groups excluding tert-OH is 2. The molecule has 0 aromatic rings. The molecule has 0 aliphatic heterocycles. The van der Waals surface area contributed by atoms with Gasteiger partial charge in [0.1, 0.15) is 11.6 Å². The standard InChI is InChI=1S/C44H73N3O14/c1-31(2)39(54)21-20-36(51)26-46-42(58)34(30-49)25-38(53)28-47-43(59)33(29-48)24-37(52)27-45-40(55)22-19-32(44(60)61)23-35(50)17-15-13-11-9-7-5-3-4-6-8-10-12-14-16-18-41(56)57/h31-34,48-49H,3-30H2,1-2H3,(H,45,55)(H,46,58)(H,47,59)(H,56,57)(H,60,61)/t32-,33+,34+/m1/s1. The average molecular weight is 868 g/mol. The highest BCUT2D eigenvalue weighted by Gasteiger charge is 2.26. The number of aliphatic hydroxyl groups is 2. The van der Waals surface area contributed by atoms with Crippen molar-refractivity contribution in [2.45, 2.75) is 162 Å². The second kappa shape index (κ2) is 35.2. The zero-order valence-electron chi connectivity index (χ0n) is 36.5. The van der Waals surface area contributed by atoms with E-state index in [-0.39, 0.29) is 69.0 Å². The van der Waals surface area contributed by atoms with Crippen molar-refractivity contribution in [3.05, 3.63) is 0 Å². The molecule has 0 fully saturated rings. The molecular weight excluding hydrogens is 794 g/mol. The molecule has 0 radical (unpaired) electrons. The van der Waals surface area contributed by atoms with Crippen LogP contribution in [0.15, 0.2) is 0 Å². The lowest BCUT2D eigenvalue weighted by Crippen LogP contribution is -2.41. The fraction of sp³-hybridized carbons (Fsp3) is 0.773. The monoisotopic (exact) mass is 868 g/mol. The van der Waals surface area contributed by atoms with Gasteiger partial charge in [-0.2, -0.15) is 0 Å². The summed E-state index contributed by atoms with van der Waals surface area (Å²) in [5, 5.41) is 44.5. The largest absolute Gasteiger partial charge is 0.481 e. The maximum absolute atomic E-state index is 12.6. The van der Waals surface area contributed by atoms with Crippen LogP contribution in [0.3, 0.4) is 0 Å². The summed E-state index contributed by atoms with van der Waals surface area (Å²) in [5.74, 6) is -9.83. The van der Waals surface area contributed by atoms with E-state index in [1.165, 1.54) is 32.1 Å². The van der Waals surface area contributed by atoms with Gasteiger partial charge in [0.05, 0.1) is 50.6 Å². The number of nitrogens with one attached hydrogen (secondary N) is 3. The quantitative estimate of drug-likeness (QED) is 0.0431. The molecule has 17 heteroatoms. The van der Waals surface area contributed by atoms with E-state index in [9.17, 15) is 63.3 Å². The average Bonchev–Trinajstić information content (AvgIpc) is 3.22. The fourth-order valence-corrected chi connectivity index (χ4v) is 6.47. The van der Waals surface area contributed by atoms with Crippen LogP contribution in [0.4, 0.5) is 0 Å². The van der Waals surface area contributed by atoms with Gasteiger partial charge in [-0.3, -0.25) is 47.9 Å². The second-order valence-corrected chi connectivity index (χ2v) is 16.3. The minimum absolute atomic E-state index is 0.0377. The van der Waals surface area contributed by atoms with Crippen LogP contribution in [-0.4, -0.2) is 112 Å². The van der Waals surface area contributed by atoms with Crippen LogP contribution in [0, 0.1) is 23.7 Å². The first-order valence-corrected chi connectivity index (χ1v) is 22.1. The Labute approximate surface area is 360 Å². The molecule has 0 aliphatic carbocycles. The fourth-order valence-electron chi connectivity index (χ4n) is 6.47. The summed E-state index contributed by atoms with van der Waals surface area (Å²) in [6.45, 7) is 0.493. The van der Waals surface area contributed by atoms with Gasteiger partial charge in [-0.25, -0.2) is 0 Å². The van der Waals surface area contributed by atoms with Crippen molar-refractivity contribution < 1.29 is 68.4 Å². The Kier molecular flexibility index (Phi) is 32.7. The van der Waals surface area contributed by atoms with Crippen molar-refractivity contribution in [2.75, 3.05) is 32.8 Å². The minimum Gasteiger partial charge on any atom is -0.481 e. The number of rotatable bonds is 41. The Morgan fingerprint density at radius 3 is 1.23 bits per heavy atom. The summed E-state index contributed by atoms with van der Waals surface area (Å²) in [5.41, 5.74) is 0. The number of aliphatic carboxylic acids is 2. The van der Waals surface area contributed by atoms with Crippen LogP contribution in [0.5, 0.6) is 0 Å². The van der Waals surface area contributed by atoms with E-state index in [0.29, 0.717) is 6.42 Å². The van der Waals surface area contributed by atoms with Crippen molar-refractivity contribution >= 4 is 58.6 Å². The van der Waals surface area contributed by atoms with Gasteiger partial charge in [-0.05, 0) is 19.3 Å². The van der Waals surface area contributed by atoms with E-state index in [2.05, 4.69) is 16.0 Å². The van der Waals surface area contributed by atoms with Gasteiger partial charge in [-0.1, -0.05) is 90.9 Å². The van der Waals surface area contributed by atoms with Gasteiger partial charge in [0.25, 0.3) is 0 Å². The smallest absolute Gasteiger partial charge is 0.306 e. The van der Waals surface area contributed by atoms with Gasteiger partial charge in [0.15, 0.2) is 17.3 Å². The lowest BCUT2D eigenvalue weighted by atomic mass is 9.94. The molecule has 0 saturated carbocycles. The van der Waals surface area contributed by atoms with Gasteiger partial charge in [-0.15, -0.1) is 0 Å². The second-order valence-electron chi connectivity index (χ2n) is 16.3. The Balaban J connectivity index is 4.31. The predicted octanol–water partition coefficient (Wildman–Crippen LogP) is 3.81. The lowest BCUT2D eigenvalue weighted by Gasteiger charge is -2.16. The highest BCUT2D eigenvalue weighted by molar-refractivity contribution is 5.94. The normalized spacial score (nSPS) is 12.5. The summed E-state index contributed by atoms with van der Waals surface area (Å²) >= 11 is 0. The van der Waals surface area contributed by atoms with E-state index >= 15 is 0 Å². The Morgan fingerprint density at radius 2 is 0.820 bits per heavy atom. The molecule has 0 spiro atoms. The molecule has 0 rings (SSSR count). The summed E-state index contributed by atoms with van der Waals surface area (Å²) in [6.07, 6.45) is 13.6. The zero-order chi connectivity index (χ0) is 46.0. The summed E-state index contributed by atoms with van der Waals surface area (Å²) < 4.78 is 0. The predicted molar refractivity (Wildman–Crippen MR) is 225 cm³/mol. The summed E-state index contributed by atoms with van der Waals surface area (Å²) in [7, 11) is 0. The number of Topliss-reactive ketones (excluding diaryl/α,β-unsaturated/α-hetero) is 5. The van der Waals surface area contributed by atoms with Crippen molar-refractivity contribution in [3.8, 4) is 0 Å². The summed E-state index contributed by atoms with van der Waals surface area (Å²) in [6, 6.07) is 0. The first-order chi connectivity index (χ1) is 29.0. The molecule has 0 aromatic carbocycles. The number of carboxylic acid groups (broad SMARTS) is 2. The number of ketones is 5. The number of hydrogen-bond donors (Lipinski definition) is 7. The molecule has 61 heavy (non-hydrogen) atoms. The van der Waals surface area contributed by atoms with E-state index < -0.39 is 104 Å². The van der Waals surface area contributed by atoms with Crippen molar-refractivity contribution in [3.63, 3.8) is 0 Å². The zero-order valence-corrected chi connectivity index (χ0v) is 36.5. The molecule has 0 heterocycles. The van der Waals surface area contributed by atoms with E-state index in [0.717, 1.165) is 51.4 Å². The van der Waals surface area contributed by atoms with Gasteiger partial charge in [0, 0.05) is 57.3 Å². The first kappa shape index (κ1) is 56.6. The molecule has 0 aliphatic rings. The first-order valence-electron chi connectivity index (χ1n) is 22.1. The third-order valence-electron chi connectivity index (χ3n) is 10.5. The Hall–Kier alpha value is -4.38. The van der Waals surface area contributed by atoms with Crippen LogP contribution in [0.1, 0.15) is 162 Å². The van der Waals surface area contributed by atoms with Gasteiger partial charge >= 0.3 is 11.9 Å². The van der Waals surface area contributed by atoms with Crippen molar-refractivity contribution in [2.24, 2.45) is 23.7 Å². The number of carbonyl (C=O) groups is 10. The molecule has 17 nitrogen and oxygen atoms in total. The molecule has 348 valence electrons. The van der Waals surface area contributed by atoms with E-state index in [1.54, 1.807) is 13.8 Å². The molecule has 0 aromatic heterocycles. The highest BCUT2D eigenvalue weighted by atomic mass is 16.4. The van der Waals surface area contributed by atoms with Crippen LogP contribution >= 0.6 is 0 Å². The van der Waals surface area contributed by atoms with Crippen molar-refractivity contribution in [1.29, 1.82) is 0 Å².